The zero-order chi connectivity index (χ0) is 12.3. The van der Waals surface area contributed by atoms with Gasteiger partial charge in [-0.3, -0.25) is 4.79 Å². The molecule has 0 aromatic heterocycles. The molecule has 0 aliphatic rings. The topological polar surface area (TPSA) is 51.2 Å². The van der Waals surface area contributed by atoms with Gasteiger partial charge in [-0.2, -0.15) is 0 Å². The lowest BCUT2D eigenvalue weighted by molar-refractivity contribution is 0.101. The predicted octanol–water partition coefficient (Wildman–Crippen LogP) is 2.18. The molecule has 0 spiro atoms. The summed E-state index contributed by atoms with van der Waals surface area (Å²) < 4.78 is 21.5. The first-order valence-electron chi connectivity index (χ1n) is 4.85. The second-order valence-electron chi connectivity index (χ2n) is 3.45. The highest BCUT2D eigenvalue weighted by molar-refractivity contribution is 7.94. The fourth-order valence-corrected chi connectivity index (χ4v) is 2.52. The first kappa shape index (κ1) is 13.2. The highest BCUT2D eigenvalue weighted by atomic mass is 35.5. The Morgan fingerprint density at radius 3 is 2.44 bits per heavy atom. The van der Waals surface area contributed by atoms with Gasteiger partial charge in [-0.1, -0.05) is 42.8 Å². The normalized spacial score (nSPS) is 13.4. The molecule has 1 atom stereocenters. The Labute approximate surface area is 100 Å². The number of sulfone groups is 1. The van der Waals surface area contributed by atoms with E-state index in [-0.39, 0.29) is 5.75 Å². The number of rotatable bonds is 4. The van der Waals surface area contributed by atoms with Gasteiger partial charge in [0.1, 0.15) is 0 Å². The summed E-state index contributed by atoms with van der Waals surface area (Å²) in [6.45, 7) is 3.21. The van der Waals surface area contributed by atoms with Gasteiger partial charge in [-0.25, -0.2) is 8.42 Å². The minimum Gasteiger partial charge on any atom is -0.291 e. The van der Waals surface area contributed by atoms with Crippen molar-refractivity contribution in [2.45, 2.75) is 18.6 Å². The molecule has 0 aliphatic carbocycles. The van der Waals surface area contributed by atoms with Gasteiger partial charge in [0.05, 0.1) is 0 Å². The van der Waals surface area contributed by atoms with Crippen LogP contribution in [0.25, 0.3) is 0 Å². The minimum absolute atomic E-state index is 0.140. The number of hydrogen-bond donors (Lipinski definition) is 0. The first-order valence-corrected chi connectivity index (χ1v) is 7.01. The van der Waals surface area contributed by atoms with E-state index in [1.54, 1.807) is 31.2 Å². The maximum Gasteiger partial charge on any atom is 0.197 e. The molecule has 5 heteroatoms. The van der Waals surface area contributed by atoms with Crippen molar-refractivity contribution in [1.29, 1.82) is 0 Å². The molecule has 16 heavy (non-hydrogen) atoms. The van der Waals surface area contributed by atoms with Crippen LogP contribution in [0.3, 0.4) is 0 Å². The number of carbonyl (C=O) groups excluding carboxylic acids is 1. The first-order chi connectivity index (χ1) is 7.40. The van der Waals surface area contributed by atoms with E-state index in [1.807, 2.05) is 0 Å². The van der Waals surface area contributed by atoms with Crippen LogP contribution in [0.1, 0.15) is 22.8 Å². The van der Waals surface area contributed by atoms with Gasteiger partial charge in [0.25, 0.3) is 0 Å². The molecule has 1 rings (SSSR count). The van der Waals surface area contributed by atoms with Crippen LogP contribution < -0.4 is 0 Å². The van der Waals surface area contributed by atoms with Crippen molar-refractivity contribution in [2.75, 3.05) is 5.75 Å². The van der Waals surface area contributed by atoms with E-state index >= 15 is 0 Å². The van der Waals surface area contributed by atoms with E-state index in [4.69, 9.17) is 11.6 Å². The van der Waals surface area contributed by atoms with Crippen molar-refractivity contribution in [1.82, 2.24) is 0 Å². The largest absolute Gasteiger partial charge is 0.291 e. The Morgan fingerprint density at radius 2 is 1.94 bits per heavy atom. The summed E-state index contributed by atoms with van der Waals surface area (Å²) in [7, 11) is -3.55. The van der Waals surface area contributed by atoms with Gasteiger partial charge >= 0.3 is 0 Å². The quantitative estimate of drug-likeness (QED) is 0.616. The minimum atomic E-state index is -3.55. The summed E-state index contributed by atoms with van der Waals surface area (Å²) in [6, 6.07) is 6.79. The molecule has 0 fully saturated rings. The number of halogens is 1. The number of alkyl halides is 1. The Hall–Kier alpha value is -0.870. The van der Waals surface area contributed by atoms with Crippen molar-refractivity contribution in [3.63, 3.8) is 0 Å². The standard InChI is InChI=1S/C11H13ClO3S/c1-3-16(14,15)11(12)10(13)9-7-5-4-6-8(9)2/h4-7,11H,3H2,1-2H3. The van der Waals surface area contributed by atoms with Gasteiger partial charge in [0.2, 0.25) is 0 Å². The number of aryl methyl sites for hydroxylation is 1. The molecule has 1 aromatic rings. The SMILES string of the molecule is CCS(=O)(=O)C(Cl)C(=O)c1ccccc1C. The molecule has 0 bridgehead atoms. The average Bonchev–Trinajstić information content (AvgIpc) is 2.27. The molecule has 0 heterocycles. The van der Waals surface area contributed by atoms with E-state index < -0.39 is 20.3 Å². The van der Waals surface area contributed by atoms with Crippen molar-refractivity contribution >= 4 is 27.2 Å². The summed E-state index contributed by atoms with van der Waals surface area (Å²) in [5.41, 5.74) is 1.09. The second-order valence-corrected chi connectivity index (χ2v) is 6.52. The lowest BCUT2D eigenvalue weighted by Gasteiger charge is -2.10. The van der Waals surface area contributed by atoms with Gasteiger partial charge < -0.3 is 0 Å². The second kappa shape index (κ2) is 4.97. The van der Waals surface area contributed by atoms with E-state index in [0.717, 1.165) is 5.56 Å². The maximum atomic E-state index is 11.9. The van der Waals surface area contributed by atoms with E-state index in [2.05, 4.69) is 0 Å². The molecule has 3 nitrogen and oxygen atoms in total. The predicted molar refractivity (Wildman–Crippen MR) is 64.6 cm³/mol. The lowest BCUT2D eigenvalue weighted by atomic mass is 10.1. The van der Waals surface area contributed by atoms with Crippen LogP contribution in [-0.2, 0) is 9.84 Å². The molecule has 88 valence electrons. The zero-order valence-electron chi connectivity index (χ0n) is 9.10. The van der Waals surface area contributed by atoms with E-state index in [9.17, 15) is 13.2 Å². The molecule has 0 N–H and O–H groups in total. The fraction of sp³-hybridized carbons (Fsp3) is 0.364. The summed E-state index contributed by atoms with van der Waals surface area (Å²) in [6.07, 6.45) is 0. The maximum absolute atomic E-state index is 11.9. The van der Waals surface area contributed by atoms with Gasteiger partial charge in [0.15, 0.2) is 20.3 Å². The van der Waals surface area contributed by atoms with Gasteiger partial charge in [-0.05, 0) is 12.5 Å². The Bertz CT molecular complexity index is 494. The lowest BCUT2D eigenvalue weighted by Crippen LogP contribution is -2.27. The smallest absolute Gasteiger partial charge is 0.197 e. The molecule has 0 aliphatic heterocycles. The van der Waals surface area contributed by atoms with Crippen LogP contribution in [-0.4, -0.2) is 24.7 Å². The molecular formula is C11H13ClO3S. The molecule has 0 radical (unpaired) electrons. The van der Waals surface area contributed by atoms with Crippen molar-refractivity contribution in [3.05, 3.63) is 35.4 Å². The Balaban J connectivity index is 3.10. The van der Waals surface area contributed by atoms with Crippen molar-refractivity contribution < 1.29 is 13.2 Å². The highest BCUT2D eigenvalue weighted by Gasteiger charge is 2.30. The van der Waals surface area contributed by atoms with Crippen LogP contribution in [0.4, 0.5) is 0 Å². The summed E-state index contributed by atoms with van der Waals surface area (Å²) >= 11 is 5.69. The third-order valence-electron chi connectivity index (χ3n) is 2.33. The highest BCUT2D eigenvalue weighted by Crippen LogP contribution is 2.17. The van der Waals surface area contributed by atoms with Crippen LogP contribution in [0.5, 0.6) is 0 Å². The summed E-state index contributed by atoms with van der Waals surface area (Å²) in [5.74, 6) is -0.694. The van der Waals surface area contributed by atoms with Gasteiger partial charge in [0, 0.05) is 11.3 Å². The van der Waals surface area contributed by atoms with Crippen molar-refractivity contribution in [3.8, 4) is 0 Å². The van der Waals surface area contributed by atoms with Crippen molar-refractivity contribution in [2.24, 2.45) is 0 Å². The molecule has 0 saturated heterocycles. The van der Waals surface area contributed by atoms with Crippen LogP contribution in [0, 0.1) is 6.92 Å². The number of benzene rings is 1. The zero-order valence-corrected chi connectivity index (χ0v) is 10.7. The molecule has 1 aromatic carbocycles. The molecule has 0 saturated carbocycles. The number of carbonyl (C=O) groups is 1. The Kier molecular flexibility index (Phi) is 4.10. The van der Waals surface area contributed by atoms with Crippen LogP contribution in [0.2, 0.25) is 0 Å². The molecule has 1 unspecified atom stereocenters. The Morgan fingerprint density at radius 1 is 1.38 bits per heavy atom. The monoisotopic (exact) mass is 260 g/mol. The summed E-state index contributed by atoms with van der Waals surface area (Å²) in [5, 5.41) is 0. The average molecular weight is 261 g/mol. The number of ketones is 1. The van der Waals surface area contributed by atoms with Crippen LogP contribution >= 0.6 is 11.6 Å². The number of hydrogen-bond acceptors (Lipinski definition) is 3. The fourth-order valence-electron chi connectivity index (χ4n) is 1.28. The number of Topliss-reactive ketones (excluding diaryl/α,β-unsaturated/α-hetero) is 1. The van der Waals surface area contributed by atoms with Gasteiger partial charge in [-0.15, -0.1) is 0 Å². The molecule has 0 amide bonds. The third kappa shape index (κ3) is 2.62. The third-order valence-corrected chi connectivity index (χ3v) is 5.00. The molecular weight excluding hydrogens is 248 g/mol. The van der Waals surface area contributed by atoms with E-state index in [1.165, 1.54) is 6.92 Å². The summed E-state index contributed by atoms with van der Waals surface area (Å²) in [4.78, 5) is 11.9. The van der Waals surface area contributed by atoms with E-state index in [0.29, 0.717) is 5.56 Å². The van der Waals surface area contributed by atoms with Crippen LogP contribution in [0.15, 0.2) is 24.3 Å².